The lowest BCUT2D eigenvalue weighted by molar-refractivity contribution is -0.320. The molecule has 7 bridgehead atoms. The van der Waals surface area contributed by atoms with Crippen LogP contribution in [0.4, 0.5) is 0 Å². The molecule has 1 saturated heterocycles. The monoisotopic (exact) mass is 633 g/mol. The summed E-state index contributed by atoms with van der Waals surface area (Å²) in [4.78, 5) is 16.0. The molecular weight excluding hydrogens is 586 g/mol. The summed E-state index contributed by atoms with van der Waals surface area (Å²) in [6, 6.07) is 6.16. The number of aliphatic hydroxyl groups excluding tert-OH is 2. The molecule has 15 atom stereocenters. The van der Waals surface area contributed by atoms with E-state index in [0.717, 1.165) is 0 Å². The fourth-order valence-corrected chi connectivity index (χ4v) is 12.1. The lowest BCUT2D eigenvalue weighted by Gasteiger charge is -2.70. The van der Waals surface area contributed by atoms with Crippen molar-refractivity contribution in [2.24, 2.45) is 34.5 Å². The zero-order chi connectivity index (χ0) is 32.3. The lowest BCUT2D eigenvalue weighted by Crippen LogP contribution is -2.81. The van der Waals surface area contributed by atoms with Crippen LogP contribution in [0.3, 0.4) is 0 Å². The van der Waals surface area contributed by atoms with E-state index in [9.17, 15) is 25.2 Å². The summed E-state index contributed by atoms with van der Waals surface area (Å²) in [6.07, 6.45) is -5.43. The second-order valence-electron chi connectivity index (χ2n) is 14.2. The molecular formula is C33H47NO11. The Hall–Kier alpha value is -1.87. The maximum absolute atomic E-state index is 13.7. The third kappa shape index (κ3) is 3.56. The summed E-state index contributed by atoms with van der Waals surface area (Å²) in [6.45, 7) is 3.43. The quantitative estimate of drug-likeness (QED) is 0.272. The Balaban J connectivity index is 1.45. The first-order valence-corrected chi connectivity index (χ1v) is 16.0. The van der Waals surface area contributed by atoms with E-state index < -0.39 is 82.4 Å². The minimum atomic E-state index is -1.88. The number of likely N-dealkylation sites (tertiary alicyclic amines) is 1. The van der Waals surface area contributed by atoms with E-state index in [2.05, 4.69) is 4.90 Å². The molecule has 0 aromatic heterocycles. The van der Waals surface area contributed by atoms with Gasteiger partial charge in [-0.2, -0.15) is 0 Å². The number of fused-ring (bicyclic) bond motifs is 2. The smallest absolute Gasteiger partial charge is 0.338 e. The first kappa shape index (κ1) is 31.7. The average Bonchev–Trinajstić information content (AvgIpc) is 3.42. The average molecular weight is 634 g/mol. The number of esters is 1. The summed E-state index contributed by atoms with van der Waals surface area (Å²) >= 11 is 0. The zero-order valence-corrected chi connectivity index (χ0v) is 26.8. The largest absolute Gasteiger partial charge is 0.497 e. The van der Waals surface area contributed by atoms with Gasteiger partial charge in [0.25, 0.3) is 0 Å². The maximum Gasteiger partial charge on any atom is 0.338 e. The number of carbonyl (C=O) groups is 1. The Morgan fingerprint density at radius 2 is 1.69 bits per heavy atom. The minimum Gasteiger partial charge on any atom is -0.497 e. The van der Waals surface area contributed by atoms with Crippen LogP contribution in [0.5, 0.6) is 5.75 Å². The van der Waals surface area contributed by atoms with Crippen LogP contribution >= 0.6 is 0 Å². The zero-order valence-electron chi connectivity index (χ0n) is 26.8. The molecule has 0 radical (unpaired) electrons. The SMILES string of the molecule is CCN1C[C@]2(COC)[C@H](O)CC(OC)C34C1C([C@H](OC)[C@@H]32)[C@]1(O)[C@H]2[C@@H](OC(=O)c3ccc(OC)cc3)[C@](O)(C[C@@H]24)[C@@H](OC)[C@@H]1O. The number of hydrogen-bond acceptors (Lipinski definition) is 12. The number of benzene rings is 1. The standard InChI is InChI=1S/C33H47NO11/c1-7-34-14-30(15-40-2)19(35)12-20(42-4)32-18-13-31(38)27(45-29(37)16-8-10-17(41-3)11-9-16)21(18)33(39,26(36)28(31)44-6)22(25(32)34)23(43-5)24(30)32/h8-11,18-28,35-36,38-39H,7,12-15H2,1-6H3/t18-,19+,20?,21+,22?,23-,24+,25?,26-,27+,28-,30-,31+,32?,33+/m0/s1. The highest BCUT2D eigenvalue weighted by atomic mass is 16.6. The molecule has 1 aromatic rings. The van der Waals surface area contributed by atoms with E-state index in [1.165, 1.54) is 14.2 Å². The summed E-state index contributed by atoms with van der Waals surface area (Å²) in [5.41, 5.74) is -4.96. The van der Waals surface area contributed by atoms with Gasteiger partial charge in [-0.25, -0.2) is 4.79 Å². The van der Waals surface area contributed by atoms with Crippen LogP contribution in [-0.2, 0) is 23.7 Å². The number of rotatable bonds is 9. The van der Waals surface area contributed by atoms with Gasteiger partial charge in [0.2, 0.25) is 0 Å². The fourth-order valence-electron chi connectivity index (χ4n) is 12.1. The molecule has 1 aromatic carbocycles. The molecule has 250 valence electrons. The van der Waals surface area contributed by atoms with Gasteiger partial charge in [0.1, 0.15) is 35.3 Å². The van der Waals surface area contributed by atoms with E-state index in [-0.39, 0.29) is 30.6 Å². The molecule has 0 amide bonds. The van der Waals surface area contributed by atoms with Crippen molar-refractivity contribution in [3.8, 4) is 5.75 Å². The van der Waals surface area contributed by atoms with Gasteiger partial charge in [0.05, 0.1) is 37.6 Å². The Morgan fingerprint density at radius 1 is 0.978 bits per heavy atom. The van der Waals surface area contributed by atoms with Gasteiger partial charge in [-0.1, -0.05) is 6.92 Å². The number of carbonyl (C=O) groups excluding carboxylic acids is 1. The Bertz CT molecular complexity index is 1310. The van der Waals surface area contributed by atoms with Crippen molar-refractivity contribution in [2.75, 3.05) is 55.2 Å². The normalized spacial score (nSPS) is 50.8. The predicted molar refractivity (Wildman–Crippen MR) is 157 cm³/mol. The number of piperidine rings is 1. The van der Waals surface area contributed by atoms with Crippen LogP contribution in [0.15, 0.2) is 24.3 Å². The summed E-state index contributed by atoms with van der Waals surface area (Å²) in [5.74, 6) is -2.50. The number of methoxy groups -OCH3 is 5. The maximum atomic E-state index is 13.7. The van der Waals surface area contributed by atoms with Gasteiger partial charge in [0, 0.05) is 76.0 Å². The second kappa shape index (κ2) is 10.6. The summed E-state index contributed by atoms with van der Waals surface area (Å²) in [5, 5.41) is 49.9. The molecule has 12 nitrogen and oxygen atoms in total. The number of hydrogen-bond donors (Lipinski definition) is 4. The number of ether oxygens (including phenoxy) is 6. The molecule has 1 aliphatic heterocycles. The third-order valence-electron chi connectivity index (χ3n) is 13.2. The van der Waals surface area contributed by atoms with Crippen molar-refractivity contribution in [3.05, 3.63) is 29.8 Å². The molecule has 6 fully saturated rings. The molecule has 7 rings (SSSR count). The van der Waals surface area contributed by atoms with Crippen LogP contribution in [-0.4, -0.2) is 140 Å². The molecule has 6 aliphatic rings. The highest BCUT2D eigenvalue weighted by molar-refractivity contribution is 5.89. The summed E-state index contributed by atoms with van der Waals surface area (Å²) < 4.78 is 35.8. The van der Waals surface area contributed by atoms with Crippen molar-refractivity contribution < 1.29 is 53.6 Å². The van der Waals surface area contributed by atoms with Crippen molar-refractivity contribution in [1.29, 1.82) is 0 Å². The van der Waals surface area contributed by atoms with E-state index in [1.807, 2.05) is 6.92 Å². The Morgan fingerprint density at radius 3 is 2.27 bits per heavy atom. The van der Waals surface area contributed by atoms with Crippen LogP contribution in [0.25, 0.3) is 0 Å². The molecule has 4 unspecified atom stereocenters. The van der Waals surface area contributed by atoms with Gasteiger partial charge in [0.15, 0.2) is 0 Å². The summed E-state index contributed by atoms with van der Waals surface area (Å²) in [7, 11) is 7.80. The highest BCUT2D eigenvalue weighted by Crippen LogP contribution is 2.80. The lowest BCUT2D eigenvalue weighted by atomic mass is 9.42. The van der Waals surface area contributed by atoms with Gasteiger partial charge in [-0.3, -0.25) is 4.90 Å². The van der Waals surface area contributed by atoms with Crippen LogP contribution < -0.4 is 4.74 Å². The number of aliphatic hydroxyl groups is 4. The molecule has 1 heterocycles. The Labute approximate surface area is 263 Å². The Kier molecular flexibility index (Phi) is 7.45. The first-order valence-electron chi connectivity index (χ1n) is 16.0. The molecule has 5 saturated carbocycles. The third-order valence-corrected chi connectivity index (χ3v) is 13.2. The second-order valence-corrected chi connectivity index (χ2v) is 14.2. The van der Waals surface area contributed by atoms with Gasteiger partial charge in [-0.15, -0.1) is 0 Å². The van der Waals surface area contributed by atoms with Crippen LogP contribution in [0.1, 0.15) is 30.1 Å². The van der Waals surface area contributed by atoms with Crippen molar-refractivity contribution >= 4 is 5.97 Å². The van der Waals surface area contributed by atoms with Crippen LogP contribution in [0, 0.1) is 34.5 Å². The molecule has 1 spiro atoms. The number of nitrogens with zero attached hydrogens (tertiary/aromatic N) is 1. The molecule has 4 N–H and O–H groups in total. The van der Waals surface area contributed by atoms with Crippen molar-refractivity contribution in [3.63, 3.8) is 0 Å². The van der Waals surface area contributed by atoms with Gasteiger partial charge >= 0.3 is 5.97 Å². The van der Waals surface area contributed by atoms with E-state index in [0.29, 0.717) is 25.3 Å². The fraction of sp³-hybridized carbons (Fsp3) is 0.788. The predicted octanol–water partition coefficient (Wildman–Crippen LogP) is 0.0859. The van der Waals surface area contributed by atoms with Gasteiger partial charge in [-0.05, 0) is 43.1 Å². The first-order chi connectivity index (χ1) is 21.5. The van der Waals surface area contributed by atoms with Crippen molar-refractivity contribution in [2.45, 2.75) is 73.6 Å². The highest BCUT2D eigenvalue weighted by Gasteiger charge is 2.91. The van der Waals surface area contributed by atoms with Gasteiger partial charge < -0.3 is 48.8 Å². The topological polar surface area (TPSA) is 157 Å². The van der Waals surface area contributed by atoms with Crippen molar-refractivity contribution in [1.82, 2.24) is 4.90 Å². The van der Waals surface area contributed by atoms with E-state index in [4.69, 9.17) is 28.4 Å². The molecule has 45 heavy (non-hydrogen) atoms. The molecule has 12 heteroatoms. The van der Waals surface area contributed by atoms with E-state index in [1.54, 1.807) is 45.6 Å². The minimum absolute atomic E-state index is 0.0861. The van der Waals surface area contributed by atoms with E-state index >= 15 is 0 Å². The van der Waals surface area contributed by atoms with Crippen LogP contribution in [0.2, 0.25) is 0 Å². The molecule has 5 aliphatic carbocycles.